The number of hydrogen-bond donors (Lipinski definition) is 3. The molecule has 0 saturated carbocycles. The van der Waals surface area contributed by atoms with E-state index in [1.807, 2.05) is 0 Å². The van der Waals surface area contributed by atoms with Crippen molar-refractivity contribution >= 4 is 11.8 Å². The van der Waals surface area contributed by atoms with Crippen LogP contribution in [0.25, 0.3) is 0 Å². The van der Waals surface area contributed by atoms with E-state index < -0.39 is 5.51 Å². The van der Waals surface area contributed by atoms with E-state index in [-0.39, 0.29) is 29.3 Å². The highest BCUT2D eigenvalue weighted by Crippen LogP contribution is 2.36. The van der Waals surface area contributed by atoms with E-state index in [0.29, 0.717) is 13.1 Å². The van der Waals surface area contributed by atoms with Gasteiger partial charge in [0.05, 0.1) is 6.61 Å². The van der Waals surface area contributed by atoms with Crippen LogP contribution in [-0.4, -0.2) is 30.3 Å². The van der Waals surface area contributed by atoms with Crippen molar-refractivity contribution < 1.29 is 18.3 Å². The second-order valence-corrected chi connectivity index (χ2v) is 4.72. The molecule has 0 bridgehead atoms. The number of aliphatic hydroxyl groups is 1. The fraction of sp³-hybridized carbons (Fsp3) is 0.455. The van der Waals surface area contributed by atoms with Crippen molar-refractivity contribution in [1.82, 2.24) is 5.32 Å². The Morgan fingerprint density at radius 1 is 1.28 bits per heavy atom. The molecule has 102 valence electrons. The number of aliphatic hydroxyl groups excluding tert-OH is 1. The predicted molar refractivity (Wildman–Crippen MR) is 65.2 cm³/mol. The zero-order chi connectivity index (χ0) is 13.6. The number of hydrogen-bond acceptors (Lipinski definition) is 4. The largest absolute Gasteiger partial charge is 0.446 e. The van der Waals surface area contributed by atoms with Gasteiger partial charge in [0, 0.05) is 24.0 Å². The number of nitrogens with one attached hydrogen (secondary N) is 1. The van der Waals surface area contributed by atoms with E-state index in [1.54, 1.807) is 12.1 Å². The van der Waals surface area contributed by atoms with Gasteiger partial charge in [-0.25, -0.2) is 0 Å². The third kappa shape index (κ3) is 5.26. The molecule has 1 rings (SSSR count). The van der Waals surface area contributed by atoms with E-state index >= 15 is 0 Å². The van der Waals surface area contributed by atoms with Gasteiger partial charge in [-0.1, -0.05) is 12.1 Å². The van der Waals surface area contributed by atoms with E-state index in [2.05, 4.69) is 5.32 Å². The predicted octanol–water partition coefficient (Wildman–Crippen LogP) is 1.88. The highest BCUT2D eigenvalue weighted by atomic mass is 32.2. The maximum atomic E-state index is 12.1. The Balaban J connectivity index is 2.68. The Hall–Kier alpha value is -0.760. The van der Waals surface area contributed by atoms with Crippen LogP contribution in [0, 0.1) is 0 Å². The summed E-state index contributed by atoms with van der Waals surface area (Å²) in [5.41, 5.74) is 2.09. The van der Waals surface area contributed by atoms with Crippen molar-refractivity contribution in [3.05, 3.63) is 29.8 Å². The van der Waals surface area contributed by atoms with Crippen LogP contribution in [0.15, 0.2) is 29.2 Å². The van der Waals surface area contributed by atoms with Crippen LogP contribution in [-0.2, 0) is 0 Å². The SMILES string of the molecule is NCC(NCCO)c1ccc(SC(F)(F)F)cc1. The summed E-state index contributed by atoms with van der Waals surface area (Å²) in [5, 5.41) is 11.7. The molecule has 1 atom stereocenters. The van der Waals surface area contributed by atoms with Crippen LogP contribution in [0.4, 0.5) is 13.2 Å². The van der Waals surface area contributed by atoms with E-state index in [1.165, 1.54) is 12.1 Å². The lowest BCUT2D eigenvalue weighted by atomic mass is 10.1. The summed E-state index contributed by atoms with van der Waals surface area (Å²) in [5.74, 6) is 0. The van der Waals surface area contributed by atoms with Gasteiger partial charge in [-0.15, -0.1) is 0 Å². The molecule has 0 aromatic heterocycles. The molecule has 0 amide bonds. The highest BCUT2D eigenvalue weighted by molar-refractivity contribution is 8.00. The number of nitrogens with two attached hydrogens (primary N) is 1. The molecule has 7 heteroatoms. The number of benzene rings is 1. The molecule has 3 nitrogen and oxygen atoms in total. The van der Waals surface area contributed by atoms with Gasteiger partial charge in [0.1, 0.15) is 0 Å². The van der Waals surface area contributed by atoms with Crippen molar-refractivity contribution in [1.29, 1.82) is 0 Å². The van der Waals surface area contributed by atoms with Crippen molar-refractivity contribution in [2.45, 2.75) is 16.4 Å². The van der Waals surface area contributed by atoms with Crippen LogP contribution >= 0.6 is 11.8 Å². The fourth-order valence-electron chi connectivity index (χ4n) is 1.48. The minimum absolute atomic E-state index is 0.0154. The summed E-state index contributed by atoms with van der Waals surface area (Å²) < 4.78 is 36.4. The monoisotopic (exact) mass is 280 g/mol. The average Bonchev–Trinajstić information content (AvgIpc) is 2.30. The first-order chi connectivity index (χ1) is 8.46. The maximum Gasteiger partial charge on any atom is 0.446 e. The minimum atomic E-state index is -4.27. The molecular formula is C11H15F3N2OS. The van der Waals surface area contributed by atoms with Crippen molar-refractivity contribution in [3.8, 4) is 0 Å². The van der Waals surface area contributed by atoms with E-state index in [4.69, 9.17) is 10.8 Å². The summed E-state index contributed by atoms with van der Waals surface area (Å²) in [7, 11) is 0. The van der Waals surface area contributed by atoms with Gasteiger partial charge < -0.3 is 16.2 Å². The first kappa shape index (κ1) is 15.3. The Labute approximate surface area is 108 Å². The van der Waals surface area contributed by atoms with Gasteiger partial charge in [0.15, 0.2) is 0 Å². The molecule has 18 heavy (non-hydrogen) atoms. The molecule has 4 N–H and O–H groups in total. The second kappa shape index (κ2) is 6.98. The molecule has 1 aromatic rings. The zero-order valence-electron chi connectivity index (χ0n) is 9.57. The summed E-state index contributed by atoms with van der Waals surface area (Å²) in [6, 6.07) is 5.88. The number of alkyl halides is 3. The molecule has 0 aliphatic carbocycles. The topological polar surface area (TPSA) is 58.3 Å². The molecule has 0 aliphatic heterocycles. The average molecular weight is 280 g/mol. The molecule has 0 heterocycles. The molecule has 0 saturated heterocycles. The van der Waals surface area contributed by atoms with Gasteiger partial charge in [-0.2, -0.15) is 13.2 Å². The summed E-state index contributed by atoms with van der Waals surface area (Å²) >= 11 is -0.145. The molecule has 1 unspecified atom stereocenters. The normalized spacial score (nSPS) is 13.6. The van der Waals surface area contributed by atoms with Crippen LogP contribution < -0.4 is 11.1 Å². The lowest BCUT2D eigenvalue weighted by Crippen LogP contribution is -2.30. The molecule has 1 aromatic carbocycles. The second-order valence-electron chi connectivity index (χ2n) is 3.58. The Morgan fingerprint density at radius 2 is 1.89 bits per heavy atom. The Kier molecular flexibility index (Phi) is 5.94. The van der Waals surface area contributed by atoms with Crippen LogP contribution in [0.3, 0.4) is 0 Å². The first-order valence-electron chi connectivity index (χ1n) is 5.36. The Bertz CT molecular complexity index is 356. The molecule has 0 fully saturated rings. The fourth-order valence-corrected chi connectivity index (χ4v) is 2.02. The van der Waals surface area contributed by atoms with Gasteiger partial charge in [0.2, 0.25) is 0 Å². The maximum absolute atomic E-state index is 12.1. The molecular weight excluding hydrogens is 265 g/mol. The van der Waals surface area contributed by atoms with Gasteiger partial charge in [-0.3, -0.25) is 0 Å². The number of halogens is 3. The van der Waals surface area contributed by atoms with Gasteiger partial charge >= 0.3 is 5.51 Å². The van der Waals surface area contributed by atoms with Crippen LogP contribution in [0.1, 0.15) is 11.6 Å². The zero-order valence-corrected chi connectivity index (χ0v) is 10.4. The third-order valence-electron chi connectivity index (χ3n) is 2.25. The number of rotatable bonds is 6. The lowest BCUT2D eigenvalue weighted by Gasteiger charge is -2.17. The minimum Gasteiger partial charge on any atom is -0.395 e. The lowest BCUT2D eigenvalue weighted by molar-refractivity contribution is -0.0328. The van der Waals surface area contributed by atoms with Gasteiger partial charge in [0.25, 0.3) is 0 Å². The number of thioether (sulfide) groups is 1. The molecule has 0 spiro atoms. The van der Waals surface area contributed by atoms with Crippen molar-refractivity contribution in [2.24, 2.45) is 5.73 Å². The summed E-state index contributed by atoms with van der Waals surface area (Å²) in [6.45, 7) is 0.686. The molecule has 0 radical (unpaired) electrons. The van der Waals surface area contributed by atoms with Crippen LogP contribution in [0.2, 0.25) is 0 Å². The highest BCUT2D eigenvalue weighted by Gasteiger charge is 2.29. The summed E-state index contributed by atoms with van der Waals surface area (Å²) in [4.78, 5) is 0.143. The smallest absolute Gasteiger partial charge is 0.395 e. The Morgan fingerprint density at radius 3 is 2.33 bits per heavy atom. The standard InChI is InChI=1S/C11H15F3N2OS/c12-11(13,14)18-9-3-1-8(2-4-9)10(7-15)16-5-6-17/h1-4,10,16-17H,5-7,15H2. The van der Waals surface area contributed by atoms with Crippen molar-refractivity contribution in [3.63, 3.8) is 0 Å². The van der Waals surface area contributed by atoms with Gasteiger partial charge in [-0.05, 0) is 29.5 Å². The molecule has 0 aliphatic rings. The first-order valence-corrected chi connectivity index (χ1v) is 6.18. The van der Waals surface area contributed by atoms with E-state index in [9.17, 15) is 13.2 Å². The summed E-state index contributed by atoms with van der Waals surface area (Å²) in [6.07, 6.45) is 0. The third-order valence-corrected chi connectivity index (χ3v) is 2.99. The van der Waals surface area contributed by atoms with Crippen LogP contribution in [0.5, 0.6) is 0 Å². The van der Waals surface area contributed by atoms with Crippen molar-refractivity contribution in [2.75, 3.05) is 19.7 Å². The van der Waals surface area contributed by atoms with E-state index in [0.717, 1.165) is 5.56 Å². The quantitative estimate of drug-likeness (QED) is 0.696.